The van der Waals surface area contributed by atoms with Gasteiger partial charge >= 0.3 is 0 Å². The summed E-state index contributed by atoms with van der Waals surface area (Å²) in [5.41, 5.74) is 1.02. The van der Waals surface area contributed by atoms with E-state index in [-0.39, 0.29) is 12.5 Å². The molecule has 0 radical (unpaired) electrons. The smallest absolute Gasteiger partial charge is 0.259 e. The van der Waals surface area contributed by atoms with Crippen molar-refractivity contribution in [3.63, 3.8) is 0 Å². The van der Waals surface area contributed by atoms with Crippen LogP contribution in [0.3, 0.4) is 0 Å². The molecule has 1 aliphatic heterocycles. The van der Waals surface area contributed by atoms with E-state index >= 15 is 0 Å². The van der Waals surface area contributed by atoms with Crippen LogP contribution >= 0.6 is 11.6 Å². The largest absolute Gasteiger partial charge is 0.497 e. The Labute approximate surface area is 167 Å². The Balaban J connectivity index is 1.58. The number of ether oxygens (including phenoxy) is 1. The second-order valence-electron chi connectivity index (χ2n) is 6.79. The van der Waals surface area contributed by atoms with Crippen LogP contribution in [0.2, 0.25) is 5.02 Å². The molecule has 2 heterocycles. The quantitative estimate of drug-likeness (QED) is 0.724. The summed E-state index contributed by atoms with van der Waals surface area (Å²) >= 11 is 6.25. The SMILES string of the molecule is COc1ccc(-c2nocc2C(=O)N2CCC(O)(c3ccccc3Cl)C2)cc1. The molecule has 2 aromatic carbocycles. The molecule has 1 saturated heterocycles. The second kappa shape index (κ2) is 7.30. The maximum atomic E-state index is 13.1. The standard InChI is InChI=1S/C21H19ClN2O4/c1-27-15-8-6-14(7-9-15)19-16(12-28-23-19)20(25)24-11-10-21(26,13-24)17-4-2-3-5-18(17)22/h2-9,12,26H,10-11,13H2,1H3. The van der Waals surface area contributed by atoms with Crippen molar-refractivity contribution in [2.45, 2.75) is 12.0 Å². The number of carbonyl (C=O) groups is 1. The first-order valence-corrected chi connectivity index (χ1v) is 9.25. The van der Waals surface area contributed by atoms with Crippen molar-refractivity contribution in [1.82, 2.24) is 10.1 Å². The van der Waals surface area contributed by atoms with Crippen LogP contribution in [0.15, 0.2) is 59.3 Å². The van der Waals surface area contributed by atoms with Crippen LogP contribution < -0.4 is 4.74 Å². The first-order valence-electron chi connectivity index (χ1n) is 8.87. The normalized spacial score (nSPS) is 19.0. The van der Waals surface area contributed by atoms with Gasteiger partial charge in [0.05, 0.1) is 13.7 Å². The zero-order valence-electron chi connectivity index (χ0n) is 15.3. The van der Waals surface area contributed by atoms with Crippen LogP contribution in [0.25, 0.3) is 11.3 Å². The van der Waals surface area contributed by atoms with E-state index in [1.165, 1.54) is 6.26 Å². The maximum absolute atomic E-state index is 13.1. The molecule has 3 aromatic rings. The van der Waals surface area contributed by atoms with Crippen LogP contribution in [0.1, 0.15) is 22.3 Å². The highest BCUT2D eigenvalue weighted by Gasteiger charge is 2.41. The molecule has 0 bridgehead atoms. The van der Waals surface area contributed by atoms with Crippen molar-refractivity contribution in [1.29, 1.82) is 0 Å². The Morgan fingerprint density at radius 3 is 2.71 bits per heavy atom. The van der Waals surface area contributed by atoms with E-state index in [1.54, 1.807) is 36.3 Å². The van der Waals surface area contributed by atoms with E-state index in [0.29, 0.717) is 40.6 Å². The number of β-amino-alcohol motifs (C(OH)–C–C–N with tert-alkyl or cyclic N) is 1. The lowest BCUT2D eigenvalue weighted by Gasteiger charge is -2.24. The summed E-state index contributed by atoms with van der Waals surface area (Å²) in [5.74, 6) is 0.472. The Bertz CT molecular complexity index is 1000. The molecule has 1 aliphatic rings. The van der Waals surface area contributed by atoms with Gasteiger partial charge in [0, 0.05) is 22.7 Å². The highest BCUT2D eigenvalue weighted by molar-refractivity contribution is 6.31. The van der Waals surface area contributed by atoms with Gasteiger partial charge in [-0.1, -0.05) is 35.0 Å². The Morgan fingerprint density at radius 2 is 2.00 bits per heavy atom. The summed E-state index contributed by atoms with van der Waals surface area (Å²) < 4.78 is 10.2. The van der Waals surface area contributed by atoms with Crippen molar-refractivity contribution >= 4 is 17.5 Å². The molecule has 0 spiro atoms. The number of hydrogen-bond acceptors (Lipinski definition) is 5. The number of aromatic nitrogens is 1. The van der Waals surface area contributed by atoms with Crippen molar-refractivity contribution in [2.24, 2.45) is 0 Å². The molecule has 1 N–H and O–H groups in total. The minimum absolute atomic E-state index is 0.156. The molecule has 28 heavy (non-hydrogen) atoms. The molecule has 144 valence electrons. The average Bonchev–Trinajstić information content (AvgIpc) is 3.36. The zero-order valence-corrected chi connectivity index (χ0v) is 16.0. The van der Waals surface area contributed by atoms with Crippen molar-refractivity contribution in [3.8, 4) is 17.0 Å². The number of hydrogen-bond donors (Lipinski definition) is 1. The molecule has 1 aromatic heterocycles. The summed E-state index contributed by atoms with van der Waals surface area (Å²) in [6.45, 7) is 0.566. The van der Waals surface area contributed by atoms with Gasteiger partial charge in [-0.25, -0.2) is 0 Å². The number of aliphatic hydroxyl groups is 1. The third-order valence-electron chi connectivity index (χ3n) is 5.07. The molecule has 1 unspecified atom stereocenters. The number of halogens is 1. The van der Waals surface area contributed by atoms with Gasteiger partial charge in [-0.05, 0) is 36.8 Å². The van der Waals surface area contributed by atoms with Crippen molar-refractivity contribution in [3.05, 3.63) is 70.9 Å². The second-order valence-corrected chi connectivity index (χ2v) is 7.20. The molecular weight excluding hydrogens is 380 g/mol. The van der Waals surface area contributed by atoms with E-state index in [4.69, 9.17) is 20.9 Å². The van der Waals surface area contributed by atoms with Gasteiger partial charge in [-0.2, -0.15) is 0 Å². The fourth-order valence-electron chi connectivity index (χ4n) is 3.54. The third-order valence-corrected chi connectivity index (χ3v) is 5.40. The summed E-state index contributed by atoms with van der Waals surface area (Å²) in [6, 6.07) is 14.4. The van der Waals surface area contributed by atoms with Crippen molar-refractivity contribution < 1.29 is 19.2 Å². The predicted octanol–water partition coefficient (Wildman–Crippen LogP) is 3.74. The van der Waals surface area contributed by atoms with Crippen LogP contribution in [0.4, 0.5) is 0 Å². The number of nitrogens with zero attached hydrogens (tertiary/aromatic N) is 2. The van der Waals surface area contributed by atoms with Crippen LogP contribution in [-0.4, -0.2) is 41.3 Å². The van der Waals surface area contributed by atoms with Gasteiger partial charge in [-0.15, -0.1) is 0 Å². The van der Waals surface area contributed by atoms with E-state index in [1.807, 2.05) is 24.3 Å². The Hall–Kier alpha value is -2.83. The van der Waals surface area contributed by atoms with Gasteiger partial charge < -0.3 is 19.3 Å². The van der Waals surface area contributed by atoms with Crippen LogP contribution in [0, 0.1) is 0 Å². The molecule has 6 nitrogen and oxygen atoms in total. The highest BCUT2D eigenvalue weighted by atomic mass is 35.5. The lowest BCUT2D eigenvalue weighted by Crippen LogP contribution is -2.34. The summed E-state index contributed by atoms with van der Waals surface area (Å²) in [5, 5.41) is 15.6. The molecule has 4 rings (SSSR count). The van der Waals surface area contributed by atoms with Gasteiger partial charge in [0.15, 0.2) is 0 Å². The first-order chi connectivity index (χ1) is 13.5. The topological polar surface area (TPSA) is 75.8 Å². The number of likely N-dealkylation sites (tertiary alicyclic amines) is 1. The van der Waals surface area contributed by atoms with Gasteiger partial charge in [0.25, 0.3) is 5.91 Å². The number of carbonyl (C=O) groups excluding carboxylic acids is 1. The van der Waals surface area contributed by atoms with E-state index in [9.17, 15) is 9.90 Å². The molecule has 1 amide bonds. The number of rotatable bonds is 4. The van der Waals surface area contributed by atoms with E-state index in [2.05, 4.69) is 5.16 Å². The summed E-state index contributed by atoms with van der Waals surface area (Å²) in [6.07, 6.45) is 1.75. The average molecular weight is 399 g/mol. The number of methoxy groups -OCH3 is 1. The van der Waals surface area contributed by atoms with Crippen LogP contribution in [0.5, 0.6) is 5.75 Å². The molecule has 1 fully saturated rings. The zero-order chi connectivity index (χ0) is 19.7. The minimum atomic E-state index is -1.18. The number of amides is 1. The van der Waals surface area contributed by atoms with Gasteiger partial charge in [0.1, 0.15) is 28.9 Å². The molecule has 1 atom stereocenters. The fraction of sp³-hybridized carbons (Fsp3) is 0.238. The molecule has 0 saturated carbocycles. The van der Waals surface area contributed by atoms with E-state index in [0.717, 1.165) is 5.56 Å². The predicted molar refractivity (Wildman–Crippen MR) is 104 cm³/mol. The first kappa shape index (κ1) is 18.5. The maximum Gasteiger partial charge on any atom is 0.259 e. The minimum Gasteiger partial charge on any atom is -0.497 e. The van der Waals surface area contributed by atoms with Crippen LogP contribution in [-0.2, 0) is 5.60 Å². The van der Waals surface area contributed by atoms with Crippen molar-refractivity contribution in [2.75, 3.05) is 20.2 Å². The highest BCUT2D eigenvalue weighted by Crippen LogP contribution is 2.37. The Kier molecular flexibility index (Phi) is 4.83. The third kappa shape index (κ3) is 3.25. The fourth-order valence-corrected chi connectivity index (χ4v) is 3.85. The summed E-state index contributed by atoms with van der Waals surface area (Å²) in [7, 11) is 1.59. The lowest BCUT2D eigenvalue weighted by atomic mass is 9.93. The molecule has 7 heteroatoms. The monoisotopic (exact) mass is 398 g/mol. The van der Waals surface area contributed by atoms with Gasteiger partial charge in [0.2, 0.25) is 0 Å². The summed E-state index contributed by atoms with van der Waals surface area (Å²) in [4.78, 5) is 14.7. The Morgan fingerprint density at radius 1 is 1.25 bits per heavy atom. The molecule has 0 aliphatic carbocycles. The lowest BCUT2D eigenvalue weighted by molar-refractivity contribution is 0.0418. The molecular formula is C21H19ClN2O4. The van der Waals surface area contributed by atoms with E-state index < -0.39 is 5.60 Å². The van der Waals surface area contributed by atoms with Gasteiger partial charge in [-0.3, -0.25) is 4.79 Å². The number of benzene rings is 2.